The fraction of sp³-hybridized carbons (Fsp3) is 0.381. The lowest BCUT2D eigenvalue weighted by atomic mass is 10.0. The Morgan fingerprint density at radius 3 is 2.39 bits per heavy atom. The van der Waals surface area contributed by atoms with E-state index in [9.17, 15) is 18.0 Å². The average Bonchev–Trinajstić information content (AvgIpc) is 2.70. The molecule has 1 amide bonds. The van der Waals surface area contributed by atoms with Crippen molar-refractivity contribution in [2.24, 2.45) is 0 Å². The maximum Gasteiger partial charge on any atom is 0.417 e. The number of amides is 1. The number of benzene rings is 2. The van der Waals surface area contributed by atoms with Crippen molar-refractivity contribution in [2.45, 2.75) is 26.1 Å². The van der Waals surface area contributed by atoms with Crippen molar-refractivity contribution in [2.75, 3.05) is 26.7 Å². The maximum absolute atomic E-state index is 13.2. The van der Waals surface area contributed by atoms with E-state index in [2.05, 4.69) is 10.2 Å². The number of nitrogens with zero attached hydrogens (tertiary/aromatic N) is 1. The number of alkyl halides is 3. The van der Waals surface area contributed by atoms with Crippen molar-refractivity contribution >= 4 is 5.91 Å². The van der Waals surface area contributed by atoms with Crippen molar-refractivity contribution in [1.29, 1.82) is 0 Å². The second-order valence-corrected chi connectivity index (χ2v) is 6.27. The molecular weight excluding hydrogens is 369 g/mol. The van der Waals surface area contributed by atoms with Gasteiger partial charge in [-0.2, -0.15) is 13.2 Å². The minimum absolute atomic E-state index is 0.180. The Labute approximate surface area is 163 Å². The topological polar surface area (TPSA) is 41.6 Å². The molecule has 0 aromatic heterocycles. The van der Waals surface area contributed by atoms with Crippen LogP contribution < -0.4 is 10.1 Å². The average molecular weight is 394 g/mol. The Kier molecular flexibility index (Phi) is 7.45. The van der Waals surface area contributed by atoms with Crippen molar-refractivity contribution in [3.63, 3.8) is 0 Å². The Bertz CT molecular complexity index is 789. The smallest absolute Gasteiger partial charge is 0.417 e. The van der Waals surface area contributed by atoms with E-state index < -0.39 is 17.6 Å². The Balaban J connectivity index is 2.25. The van der Waals surface area contributed by atoms with Crippen LogP contribution in [-0.4, -0.2) is 37.6 Å². The first-order chi connectivity index (χ1) is 13.3. The first-order valence-electron chi connectivity index (χ1n) is 9.14. The van der Waals surface area contributed by atoms with E-state index in [1.807, 2.05) is 38.1 Å². The van der Waals surface area contributed by atoms with Crippen LogP contribution in [0.1, 0.15) is 41.4 Å². The van der Waals surface area contributed by atoms with Gasteiger partial charge in [-0.1, -0.05) is 38.1 Å². The first-order valence-corrected chi connectivity index (χ1v) is 9.14. The molecule has 0 saturated heterocycles. The molecule has 28 heavy (non-hydrogen) atoms. The van der Waals surface area contributed by atoms with Gasteiger partial charge in [-0.3, -0.25) is 9.69 Å². The van der Waals surface area contributed by atoms with E-state index in [1.54, 1.807) is 7.11 Å². The molecule has 0 aliphatic heterocycles. The summed E-state index contributed by atoms with van der Waals surface area (Å²) in [6.45, 7) is 5.63. The van der Waals surface area contributed by atoms with Gasteiger partial charge in [0.1, 0.15) is 5.75 Å². The lowest BCUT2D eigenvalue weighted by Crippen LogP contribution is -2.38. The van der Waals surface area contributed by atoms with Crippen molar-refractivity contribution < 1.29 is 22.7 Å². The molecule has 0 heterocycles. The van der Waals surface area contributed by atoms with Gasteiger partial charge in [0.2, 0.25) is 0 Å². The Hall–Kier alpha value is -2.54. The molecule has 152 valence electrons. The number of hydrogen-bond donors (Lipinski definition) is 1. The van der Waals surface area contributed by atoms with Gasteiger partial charge in [-0.05, 0) is 42.9 Å². The lowest BCUT2D eigenvalue weighted by Gasteiger charge is -2.30. The normalized spacial score (nSPS) is 12.7. The number of hydrogen-bond acceptors (Lipinski definition) is 3. The largest absolute Gasteiger partial charge is 0.497 e. The second-order valence-electron chi connectivity index (χ2n) is 6.27. The fourth-order valence-corrected chi connectivity index (χ4v) is 3.18. The third-order valence-electron chi connectivity index (χ3n) is 4.66. The highest BCUT2D eigenvalue weighted by atomic mass is 19.4. The lowest BCUT2D eigenvalue weighted by molar-refractivity contribution is -0.137. The maximum atomic E-state index is 13.2. The summed E-state index contributed by atoms with van der Waals surface area (Å²) in [4.78, 5) is 14.6. The number of likely N-dealkylation sites (N-methyl/N-ethyl adjacent to an activating group) is 1. The third-order valence-corrected chi connectivity index (χ3v) is 4.66. The van der Waals surface area contributed by atoms with Crippen LogP contribution in [0.4, 0.5) is 13.2 Å². The van der Waals surface area contributed by atoms with Crippen LogP contribution in [0.25, 0.3) is 0 Å². The summed E-state index contributed by atoms with van der Waals surface area (Å²) in [7, 11) is 1.57. The molecule has 0 spiro atoms. The molecule has 2 rings (SSSR count). The molecule has 1 unspecified atom stereocenters. The molecule has 0 fully saturated rings. The highest BCUT2D eigenvalue weighted by molar-refractivity contribution is 5.95. The van der Waals surface area contributed by atoms with Gasteiger partial charge in [-0.25, -0.2) is 0 Å². The van der Waals surface area contributed by atoms with Crippen LogP contribution in [0.3, 0.4) is 0 Å². The summed E-state index contributed by atoms with van der Waals surface area (Å²) in [5.41, 5.74) is -0.389. The number of nitrogens with one attached hydrogen (secondary N) is 1. The molecule has 0 aliphatic rings. The zero-order valence-electron chi connectivity index (χ0n) is 16.2. The predicted molar refractivity (Wildman–Crippen MR) is 102 cm³/mol. The van der Waals surface area contributed by atoms with Crippen molar-refractivity contribution in [3.8, 4) is 5.75 Å². The summed E-state index contributed by atoms with van der Waals surface area (Å²) in [5.74, 6) is -0.0589. The summed E-state index contributed by atoms with van der Waals surface area (Å²) in [5, 5.41) is 2.68. The quantitative estimate of drug-likeness (QED) is 0.715. The molecule has 0 saturated carbocycles. The van der Waals surface area contributed by atoms with Crippen LogP contribution in [0.15, 0.2) is 48.5 Å². The Morgan fingerprint density at radius 1 is 1.11 bits per heavy atom. The molecule has 4 nitrogen and oxygen atoms in total. The standard InChI is InChI=1S/C21H25F3N2O2/c1-4-26(5-2)19(15-9-8-10-16(13-15)28-3)14-25-20(27)17-11-6-7-12-18(17)21(22,23)24/h6-13,19H,4-5,14H2,1-3H3,(H,25,27). The predicted octanol–water partition coefficient (Wildman–Crippen LogP) is 4.53. The minimum Gasteiger partial charge on any atom is -0.497 e. The summed E-state index contributed by atoms with van der Waals surface area (Å²) < 4.78 is 44.8. The number of halogens is 3. The summed E-state index contributed by atoms with van der Waals surface area (Å²) in [6.07, 6.45) is -4.58. The first kappa shape index (κ1) is 21.8. The SMILES string of the molecule is CCN(CC)C(CNC(=O)c1ccccc1C(F)(F)F)c1cccc(OC)c1. The van der Waals surface area contributed by atoms with Crippen LogP contribution in [0, 0.1) is 0 Å². The molecule has 1 atom stereocenters. The van der Waals surface area contributed by atoms with Crippen molar-refractivity contribution in [3.05, 3.63) is 65.2 Å². The van der Waals surface area contributed by atoms with E-state index in [-0.39, 0.29) is 18.2 Å². The molecule has 2 aromatic carbocycles. The number of methoxy groups -OCH3 is 1. The zero-order valence-corrected chi connectivity index (χ0v) is 16.2. The van der Waals surface area contributed by atoms with Gasteiger partial charge >= 0.3 is 6.18 Å². The number of carbonyl (C=O) groups is 1. The number of rotatable bonds is 8. The van der Waals surface area contributed by atoms with Crippen molar-refractivity contribution in [1.82, 2.24) is 10.2 Å². The highest BCUT2D eigenvalue weighted by Gasteiger charge is 2.35. The van der Waals surface area contributed by atoms with Crippen LogP contribution in [0.2, 0.25) is 0 Å². The Morgan fingerprint density at radius 2 is 1.79 bits per heavy atom. The van der Waals surface area contributed by atoms with E-state index in [0.29, 0.717) is 5.75 Å². The van der Waals surface area contributed by atoms with Gasteiger partial charge in [0.15, 0.2) is 0 Å². The van der Waals surface area contributed by atoms with E-state index >= 15 is 0 Å². The van der Waals surface area contributed by atoms with Gasteiger partial charge in [-0.15, -0.1) is 0 Å². The molecule has 1 N–H and O–H groups in total. The van der Waals surface area contributed by atoms with Crippen LogP contribution in [0.5, 0.6) is 5.75 Å². The minimum atomic E-state index is -4.58. The van der Waals surface area contributed by atoms with E-state index in [0.717, 1.165) is 24.7 Å². The third kappa shape index (κ3) is 5.25. The highest BCUT2D eigenvalue weighted by Crippen LogP contribution is 2.32. The summed E-state index contributed by atoms with van der Waals surface area (Å²) >= 11 is 0. The zero-order chi connectivity index (χ0) is 20.7. The molecule has 0 bridgehead atoms. The van der Waals surface area contributed by atoms with Gasteiger partial charge in [0.25, 0.3) is 5.91 Å². The van der Waals surface area contributed by atoms with Crippen LogP contribution >= 0.6 is 0 Å². The fourth-order valence-electron chi connectivity index (χ4n) is 3.18. The number of ether oxygens (including phenoxy) is 1. The molecule has 2 aromatic rings. The second kappa shape index (κ2) is 9.59. The monoisotopic (exact) mass is 394 g/mol. The van der Waals surface area contributed by atoms with Gasteiger partial charge in [0, 0.05) is 6.54 Å². The molecule has 7 heteroatoms. The molecular formula is C21H25F3N2O2. The summed E-state index contributed by atoms with van der Waals surface area (Å²) in [6, 6.07) is 12.1. The van der Waals surface area contributed by atoms with E-state index in [4.69, 9.17) is 4.74 Å². The number of carbonyl (C=O) groups excluding carboxylic acids is 1. The van der Waals surface area contributed by atoms with E-state index in [1.165, 1.54) is 18.2 Å². The molecule has 0 aliphatic carbocycles. The molecule has 0 radical (unpaired) electrons. The van der Waals surface area contributed by atoms with Gasteiger partial charge < -0.3 is 10.1 Å². The van der Waals surface area contributed by atoms with Gasteiger partial charge in [0.05, 0.1) is 24.3 Å². The van der Waals surface area contributed by atoms with Crippen LogP contribution in [-0.2, 0) is 6.18 Å².